The number of aryl methyl sites for hydroxylation is 1. The van der Waals surface area contributed by atoms with Crippen LogP contribution in [0.3, 0.4) is 0 Å². The van der Waals surface area contributed by atoms with Gasteiger partial charge in [0.05, 0.1) is 12.4 Å². The zero-order valence-corrected chi connectivity index (χ0v) is 10.5. The number of hydrogen-bond acceptors (Lipinski definition) is 1. The van der Waals surface area contributed by atoms with E-state index in [-0.39, 0.29) is 0 Å². The van der Waals surface area contributed by atoms with Gasteiger partial charge in [0, 0.05) is 11.9 Å². The molecule has 1 aromatic heterocycles. The summed E-state index contributed by atoms with van der Waals surface area (Å²) in [6.45, 7) is 0. The van der Waals surface area contributed by atoms with Crippen molar-refractivity contribution < 1.29 is 0 Å². The van der Waals surface area contributed by atoms with Crippen molar-refractivity contribution in [2.45, 2.75) is 44.1 Å². The minimum Gasteiger partial charge on any atom is -0.327 e. The van der Waals surface area contributed by atoms with Gasteiger partial charge in [0.15, 0.2) is 0 Å². The highest BCUT2D eigenvalue weighted by atomic mass is 15.1. The summed E-state index contributed by atoms with van der Waals surface area (Å²) in [5.74, 6) is 0.829. The van der Waals surface area contributed by atoms with E-state index in [0.29, 0.717) is 6.04 Å². The van der Waals surface area contributed by atoms with E-state index in [1.54, 1.807) is 11.1 Å². The molecule has 2 heteroatoms. The Morgan fingerprint density at radius 2 is 1.89 bits per heavy atom. The lowest BCUT2D eigenvalue weighted by atomic mass is 9.91. The molecular weight excluding hydrogens is 220 g/mol. The van der Waals surface area contributed by atoms with Crippen molar-refractivity contribution in [2.24, 2.45) is 0 Å². The van der Waals surface area contributed by atoms with Crippen LogP contribution in [0.4, 0.5) is 0 Å². The molecule has 1 saturated carbocycles. The highest BCUT2D eigenvalue weighted by molar-refractivity contribution is 5.36. The quantitative estimate of drug-likeness (QED) is 0.780. The second-order valence-electron chi connectivity index (χ2n) is 5.60. The lowest BCUT2D eigenvalue weighted by Gasteiger charge is -2.27. The number of benzene rings is 1. The van der Waals surface area contributed by atoms with Crippen LogP contribution in [0.5, 0.6) is 0 Å². The van der Waals surface area contributed by atoms with E-state index in [1.807, 2.05) is 12.5 Å². The summed E-state index contributed by atoms with van der Waals surface area (Å²) in [5, 5.41) is 0. The number of nitrogens with zero attached hydrogens (tertiary/aromatic N) is 2. The molecule has 2 aliphatic rings. The van der Waals surface area contributed by atoms with E-state index < -0.39 is 0 Å². The fourth-order valence-corrected chi connectivity index (χ4v) is 3.31. The first-order valence-electron chi connectivity index (χ1n) is 7.03. The van der Waals surface area contributed by atoms with Crippen LogP contribution in [0.15, 0.2) is 36.8 Å². The predicted octanol–water partition coefficient (Wildman–Crippen LogP) is 3.69. The average Bonchev–Trinajstić information content (AvgIpc) is 3.15. The Hall–Kier alpha value is -1.57. The summed E-state index contributed by atoms with van der Waals surface area (Å²) in [6, 6.07) is 9.56. The first kappa shape index (κ1) is 10.4. The van der Waals surface area contributed by atoms with Gasteiger partial charge in [-0.15, -0.1) is 0 Å². The van der Waals surface area contributed by atoms with E-state index in [0.717, 1.165) is 5.92 Å². The summed E-state index contributed by atoms with van der Waals surface area (Å²) in [7, 11) is 0. The van der Waals surface area contributed by atoms with Crippen molar-refractivity contribution in [3.63, 3.8) is 0 Å². The Labute approximate surface area is 108 Å². The van der Waals surface area contributed by atoms with E-state index in [1.165, 1.54) is 37.8 Å². The molecule has 1 fully saturated rings. The van der Waals surface area contributed by atoms with Gasteiger partial charge in [0.25, 0.3) is 0 Å². The number of imidazole rings is 1. The summed E-state index contributed by atoms with van der Waals surface area (Å²) in [5.41, 5.74) is 4.53. The molecule has 0 bridgehead atoms. The van der Waals surface area contributed by atoms with Gasteiger partial charge in [-0.2, -0.15) is 0 Å². The number of rotatable bonds is 2. The molecule has 0 spiro atoms. The first-order valence-corrected chi connectivity index (χ1v) is 7.03. The van der Waals surface area contributed by atoms with Crippen molar-refractivity contribution in [3.8, 4) is 0 Å². The third-order valence-electron chi connectivity index (χ3n) is 4.36. The van der Waals surface area contributed by atoms with Crippen LogP contribution >= 0.6 is 0 Å². The molecule has 2 nitrogen and oxygen atoms in total. The fourth-order valence-electron chi connectivity index (χ4n) is 3.31. The van der Waals surface area contributed by atoms with Gasteiger partial charge in [-0.05, 0) is 49.1 Å². The Balaban J connectivity index is 1.80. The molecule has 1 aromatic carbocycles. The van der Waals surface area contributed by atoms with Crippen LogP contribution in [0, 0.1) is 0 Å². The lowest BCUT2D eigenvalue weighted by molar-refractivity contribution is 0.455. The lowest BCUT2D eigenvalue weighted by Crippen LogP contribution is -2.18. The molecule has 0 N–H and O–H groups in total. The highest BCUT2D eigenvalue weighted by Crippen LogP contribution is 2.44. The van der Waals surface area contributed by atoms with Gasteiger partial charge < -0.3 is 4.57 Å². The molecular formula is C16H18N2. The largest absolute Gasteiger partial charge is 0.327 e. The molecule has 0 radical (unpaired) electrons. The molecule has 1 unspecified atom stereocenters. The van der Waals surface area contributed by atoms with Gasteiger partial charge >= 0.3 is 0 Å². The normalized spacial score (nSPS) is 22.8. The monoisotopic (exact) mass is 238 g/mol. The third-order valence-corrected chi connectivity index (χ3v) is 4.36. The van der Waals surface area contributed by atoms with Crippen LogP contribution in [-0.4, -0.2) is 9.55 Å². The molecule has 1 atom stereocenters. The van der Waals surface area contributed by atoms with E-state index >= 15 is 0 Å². The number of hydrogen-bond donors (Lipinski definition) is 0. The van der Waals surface area contributed by atoms with Crippen LogP contribution < -0.4 is 0 Å². The zero-order valence-electron chi connectivity index (χ0n) is 10.5. The SMILES string of the molecule is c1ccc(C2CCCc3cncn32)c(C2CC2)c1. The van der Waals surface area contributed by atoms with Crippen LogP contribution in [0.2, 0.25) is 0 Å². The van der Waals surface area contributed by atoms with Crippen molar-refractivity contribution >= 4 is 0 Å². The van der Waals surface area contributed by atoms with Crippen molar-refractivity contribution in [2.75, 3.05) is 0 Å². The Bertz CT molecular complexity index is 566. The van der Waals surface area contributed by atoms with E-state index in [4.69, 9.17) is 0 Å². The molecule has 92 valence electrons. The first-order chi connectivity index (χ1) is 8.93. The molecule has 4 rings (SSSR count). The maximum atomic E-state index is 4.33. The van der Waals surface area contributed by atoms with Crippen LogP contribution in [0.1, 0.15) is 54.5 Å². The van der Waals surface area contributed by atoms with Crippen LogP contribution in [-0.2, 0) is 6.42 Å². The molecule has 1 aliphatic heterocycles. The van der Waals surface area contributed by atoms with E-state index in [9.17, 15) is 0 Å². The topological polar surface area (TPSA) is 17.8 Å². The second-order valence-corrected chi connectivity index (χ2v) is 5.60. The molecule has 2 heterocycles. The van der Waals surface area contributed by atoms with Gasteiger partial charge in [0.2, 0.25) is 0 Å². The Morgan fingerprint density at radius 1 is 1.06 bits per heavy atom. The van der Waals surface area contributed by atoms with Gasteiger partial charge in [-0.25, -0.2) is 4.98 Å². The third kappa shape index (κ3) is 1.59. The van der Waals surface area contributed by atoms with Crippen molar-refractivity contribution in [3.05, 3.63) is 53.6 Å². The number of fused-ring (bicyclic) bond motifs is 1. The van der Waals surface area contributed by atoms with Crippen LogP contribution in [0.25, 0.3) is 0 Å². The van der Waals surface area contributed by atoms with Gasteiger partial charge in [-0.3, -0.25) is 0 Å². The Morgan fingerprint density at radius 3 is 2.72 bits per heavy atom. The van der Waals surface area contributed by atoms with Crippen molar-refractivity contribution in [1.82, 2.24) is 9.55 Å². The average molecular weight is 238 g/mol. The predicted molar refractivity (Wildman–Crippen MR) is 71.7 cm³/mol. The maximum absolute atomic E-state index is 4.33. The maximum Gasteiger partial charge on any atom is 0.0953 e. The summed E-state index contributed by atoms with van der Waals surface area (Å²) in [4.78, 5) is 4.33. The minimum atomic E-state index is 0.521. The zero-order chi connectivity index (χ0) is 11.9. The molecule has 1 aliphatic carbocycles. The Kier molecular flexibility index (Phi) is 2.29. The summed E-state index contributed by atoms with van der Waals surface area (Å²) < 4.78 is 2.39. The highest BCUT2D eigenvalue weighted by Gasteiger charge is 2.30. The fraction of sp³-hybridized carbons (Fsp3) is 0.438. The smallest absolute Gasteiger partial charge is 0.0953 e. The standard InChI is InChI=1S/C16H18N2/c1-2-6-15(14(5-1)12-8-9-12)16-7-3-4-13-10-17-11-18(13)16/h1-2,5-6,10-12,16H,3-4,7-9H2. The molecule has 0 amide bonds. The summed E-state index contributed by atoms with van der Waals surface area (Å²) in [6.07, 6.45) is 10.5. The second kappa shape index (κ2) is 3.98. The van der Waals surface area contributed by atoms with E-state index in [2.05, 4.69) is 33.8 Å². The minimum absolute atomic E-state index is 0.521. The van der Waals surface area contributed by atoms with Gasteiger partial charge in [-0.1, -0.05) is 24.3 Å². The summed E-state index contributed by atoms with van der Waals surface area (Å²) >= 11 is 0. The molecule has 18 heavy (non-hydrogen) atoms. The number of aromatic nitrogens is 2. The van der Waals surface area contributed by atoms with Gasteiger partial charge in [0.1, 0.15) is 0 Å². The molecule has 2 aromatic rings. The van der Waals surface area contributed by atoms with Crippen molar-refractivity contribution in [1.29, 1.82) is 0 Å². The molecule has 0 saturated heterocycles.